The van der Waals surface area contributed by atoms with Crippen LogP contribution in [0.15, 0.2) is 24.5 Å². The molecule has 0 saturated carbocycles. The Labute approximate surface area is 160 Å². The van der Waals surface area contributed by atoms with Crippen LogP contribution >= 0.6 is 0 Å². The molecule has 0 bridgehead atoms. The van der Waals surface area contributed by atoms with Gasteiger partial charge >= 0.3 is 0 Å². The molecule has 2 fully saturated rings. The number of carbonyl (C=O) groups excluding carboxylic acids is 2. The first-order chi connectivity index (χ1) is 13.1. The van der Waals surface area contributed by atoms with E-state index in [1.54, 1.807) is 18.3 Å². The van der Waals surface area contributed by atoms with Gasteiger partial charge in [0.05, 0.1) is 11.2 Å². The van der Waals surface area contributed by atoms with E-state index in [1.807, 2.05) is 4.90 Å². The van der Waals surface area contributed by atoms with Gasteiger partial charge in [-0.15, -0.1) is 0 Å². The van der Waals surface area contributed by atoms with E-state index in [1.165, 1.54) is 19.0 Å². The Hall–Kier alpha value is -1.99. The lowest BCUT2D eigenvalue weighted by atomic mass is 9.94. The van der Waals surface area contributed by atoms with E-state index in [-0.39, 0.29) is 18.2 Å². The molecule has 0 radical (unpaired) electrons. The number of β-amino-alcohol motifs (C(OH)–C–C–N with tert-alkyl or cyclic N) is 1. The van der Waals surface area contributed by atoms with Crippen LogP contribution in [0.5, 0.6) is 0 Å². The van der Waals surface area contributed by atoms with Crippen molar-refractivity contribution in [1.29, 1.82) is 0 Å². The van der Waals surface area contributed by atoms with Crippen LogP contribution in [0.1, 0.15) is 48.9 Å². The highest BCUT2D eigenvalue weighted by molar-refractivity contribution is 5.94. The Kier molecular flexibility index (Phi) is 6.79. The van der Waals surface area contributed by atoms with Gasteiger partial charge in [0.2, 0.25) is 5.91 Å². The minimum absolute atomic E-state index is 0.0342. The standard InChI is InChI=1S/C20H30N4O3/c25-18(6-10-22-19(26)17-5-3-9-21-15-17)24-13-4-7-20(27,8-14-24)16-23-11-1-2-12-23/h3,5,9,15,27H,1-2,4,6-8,10-14,16H2,(H,22,26). The molecule has 1 unspecified atom stereocenters. The fourth-order valence-corrected chi connectivity index (χ4v) is 3.98. The summed E-state index contributed by atoms with van der Waals surface area (Å²) in [5.74, 6) is -0.182. The molecule has 1 aromatic rings. The van der Waals surface area contributed by atoms with Gasteiger partial charge in [0.1, 0.15) is 0 Å². The minimum atomic E-state index is -0.687. The van der Waals surface area contributed by atoms with E-state index >= 15 is 0 Å². The topological polar surface area (TPSA) is 85.8 Å². The molecule has 0 aromatic carbocycles. The fourth-order valence-electron chi connectivity index (χ4n) is 3.98. The van der Waals surface area contributed by atoms with Crippen molar-refractivity contribution in [2.45, 2.75) is 44.1 Å². The smallest absolute Gasteiger partial charge is 0.252 e. The third kappa shape index (κ3) is 5.74. The van der Waals surface area contributed by atoms with Crippen LogP contribution in [0, 0.1) is 0 Å². The molecule has 0 spiro atoms. The zero-order chi connectivity index (χ0) is 19.1. The lowest BCUT2D eigenvalue weighted by Gasteiger charge is -2.31. The van der Waals surface area contributed by atoms with E-state index in [0.29, 0.717) is 31.6 Å². The number of rotatable bonds is 6. The van der Waals surface area contributed by atoms with Gasteiger partial charge < -0.3 is 20.2 Å². The number of hydrogen-bond acceptors (Lipinski definition) is 5. The first kappa shape index (κ1) is 19.8. The molecular formula is C20H30N4O3. The monoisotopic (exact) mass is 374 g/mol. The average Bonchev–Trinajstić information content (AvgIpc) is 3.09. The first-order valence-corrected chi connectivity index (χ1v) is 9.96. The van der Waals surface area contributed by atoms with E-state index < -0.39 is 5.60 Å². The Bertz CT molecular complexity index is 633. The Morgan fingerprint density at radius 2 is 1.96 bits per heavy atom. The number of aliphatic hydroxyl groups is 1. The molecule has 3 heterocycles. The van der Waals surface area contributed by atoms with E-state index in [9.17, 15) is 14.7 Å². The molecule has 1 atom stereocenters. The number of aromatic nitrogens is 1. The first-order valence-electron chi connectivity index (χ1n) is 9.96. The fraction of sp³-hybridized carbons (Fsp3) is 0.650. The SMILES string of the molecule is O=C(NCCC(=O)N1CCCC(O)(CN2CCCC2)CC1)c1cccnc1. The molecule has 27 heavy (non-hydrogen) atoms. The molecule has 148 valence electrons. The lowest BCUT2D eigenvalue weighted by molar-refractivity contribution is -0.131. The van der Waals surface area contributed by atoms with E-state index in [0.717, 1.165) is 32.5 Å². The molecule has 7 nitrogen and oxygen atoms in total. The molecule has 2 amide bonds. The summed E-state index contributed by atoms with van der Waals surface area (Å²) in [5.41, 5.74) is -0.194. The molecule has 1 aromatic heterocycles. The number of nitrogens with zero attached hydrogens (tertiary/aromatic N) is 3. The molecule has 0 aliphatic carbocycles. The highest BCUT2D eigenvalue weighted by Crippen LogP contribution is 2.25. The summed E-state index contributed by atoms with van der Waals surface area (Å²) in [6.45, 7) is 4.43. The van der Waals surface area contributed by atoms with Gasteiger partial charge in [-0.2, -0.15) is 0 Å². The second kappa shape index (κ2) is 9.28. The van der Waals surface area contributed by atoms with Crippen LogP contribution in [-0.2, 0) is 4.79 Å². The highest BCUT2D eigenvalue weighted by atomic mass is 16.3. The zero-order valence-electron chi connectivity index (χ0n) is 15.9. The van der Waals surface area contributed by atoms with Gasteiger partial charge in [-0.05, 0) is 57.3 Å². The van der Waals surface area contributed by atoms with Gasteiger partial charge in [0, 0.05) is 45.0 Å². The molecule has 2 N–H and O–H groups in total. The predicted molar refractivity (Wildman–Crippen MR) is 102 cm³/mol. The summed E-state index contributed by atoms with van der Waals surface area (Å²) in [7, 11) is 0. The van der Waals surface area contributed by atoms with Crippen molar-refractivity contribution in [1.82, 2.24) is 20.1 Å². The maximum absolute atomic E-state index is 12.5. The van der Waals surface area contributed by atoms with Crippen molar-refractivity contribution in [3.05, 3.63) is 30.1 Å². The molecule has 7 heteroatoms. The van der Waals surface area contributed by atoms with E-state index in [4.69, 9.17) is 0 Å². The lowest BCUT2D eigenvalue weighted by Crippen LogP contribution is -2.43. The summed E-state index contributed by atoms with van der Waals surface area (Å²) in [6, 6.07) is 3.40. The molecule has 2 aliphatic heterocycles. The Morgan fingerprint density at radius 1 is 1.15 bits per heavy atom. The van der Waals surface area contributed by atoms with Crippen molar-refractivity contribution >= 4 is 11.8 Å². The number of pyridine rings is 1. The second-order valence-corrected chi connectivity index (χ2v) is 7.69. The normalized spacial score (nSPS) is 23.8. The Morgan fingerprint density at radius 3 is 2.70 bits per heavy atom. The van der Waals surface area contributed by atoms with Gasteiger partial charge in [-0.3, -0.25) is 14.6 Å². The summed E-state index contributed by atoms with van der Waals surface area (Å²) < 4.78 is 0. The molecule has 2 saturated heterocycles. The van der Waals surface area contributed by atoms with Crippen molar-refractivity contribution in [3.8, 4) is 0 Å². The minimum Gasteiger partial charge on any atom is -0.388 e. The number of nitrogens with one attached hydrogen (secondary N) is 1. The summed E-state index contributed by atoms with van der Waals surface area (Å²) in [6.07, 6.45) is 8.01. The van der Waals surface area contributed by atoms with Gasteiger partial charge in [0.25, 0.3) is 5.91 Å². The second-order valence-electron chi connectivity index (χ2n) is 7.69. The van der Waals surface area contributed by atoms with Crippen LogP contribution in [0.2, 0.25) is 0 Å². The van der Waals surface area contributed by atoms with Crippen LogP contribution in [-0.4, -0.2) is 76.6 Å². The van der Waals surface area contributed by atoms with Crippen molar-refractivity contribution in [2.75, 3.05) is 39.3 Å². The van der Waals surface area contributed by atoms with E-state index in [2.05, 4.69) is 15.2 Å². The maximum atomic E-state index is 12.5. The molecule has 2 aliphatic rings. The average molecular weight is 374 g/mol. The molecular weight excluding hydrogens is 344 g/mol. The van der Waals surface area contributed by atoms with Crippen LogP contribution in [0.3, 0.4) is 0 Å². The van der Waals surface area contributed by atoms with Crippen LogP contribution < -0.4 is 5.32 Å². The number of carbonyl (C=O) groups is 2. The largest absolute Gasteiger partial charge is 0.388 e. The number of hydrogen-bond donors (Lipinski definition) is 2. The highest BCUT2D eigenvalue weighted by Gasteiger charge is 2.33. The predicted octanol–water partition coefficient (Wildman–Crippen LogP) is 1.04. The van der Waals surface area contributed by atoms with Crippen molar-refractivity contribution in [3.63, 3.8) is 0 Å². The van der Waals surface area contributed by atoms with Crippen LogP contribution in [0.25, 0.3) is 0 Å². The quantitative estimate of drug-likeness (QED) is 0.777. The van der Waals surface area contributed by atoms with Gasteiger partial charge in [-0.1, -0.05) is 0 Å². The van der Waals surface area contributed by atoms with Gasteiger partial charge in [0.15, 0.2) is 0 Å². The maximum Gasteiger partial charge on any atom is 0.252 e. The Balaban J connectivity index is 1.41. The number of likely N-dealkylation sites (tertiary alicyclic amines) is 2. The van der Waals surface area contributed by atoms with Gasteiger partial charge in [-0.25, -0.2) is 0 Å². The summed E-state index contributed by atoms with van der Waals surface area (Å²) >= 11 is 0. The summed E-state index contributed by atoms with van der Waals surface area (Å²) in [4.78, 5) is 32.6. The van der Waals surface area contributed by atoms with Crippen molar-refractivity contribution < 1.29 is 14.7 Å². The molecule has 3 rings (SSSR count). The third-order valence-electron chi connectivity index (χ3n) is 5.53. The zero-order valence-corrected chi connectivity index (χ0v) is 15.9. The van der Waals surface area contributed by atoms with Crippen LogP contribution in [0.4, 0.5) is 0 Å². The summed E-state index contributed by atoms with van der Waals surface area (Å²) in [5, 5.41) is 13.7. The number of amides is 2. The third-order valence-corrected chi connectivity index (χ3v) is 5.53. The van der Waals surface area contributed by atoms with Crippen molar-refractivity contribution in [2.24, 2.45) is 0 Å².